The molecule has 7 heavy (non-hydrogen) atoms. The summed E-state index contributed by atoms with van der Waals surface area (Å²) >= 11 is 0. The van der Waals surface area contributed by atoms with E-state index in [-0.39, 0.29) is 6.04 Å². The fourth-order valence-electron chi connectivity index (χ4n) is 0.547. The van der Waals surface area contributed by atoms with Crippen molar-refractivity contribution < 1.29 is 9.50 Å². The number of hydrogen-bond acceptors (Lipinski definition) is 2. The van der Waals surface area contributed by atoms with E-state index >= 15 is 0 Å². The number of aliphatic hydroxyl groups is 1. The molecule has 1 fully saturated rings. The summed E-state index contributed by atoms with van der Waals surface area (Å²) in [7, 11) is 0. The van der Waals surface area contributed by atoms with Gasteiger partial charge in [0, 0.05) is 6.54 Å². The van der Waals surface area contributed by atoms with Gasteiger partial charge in [0.25, 0.3) is 0 Å². The maximum absolute atomic E-state index is 11.5. The van der Waals surface area contributed by atoms with Crippen LogP contribution in [0.25, 0.3) is 0 Å². The van der Waals surface area contributed by atoms with Crippen LogP contribution in [0.3, 0.4) is 0 Å². The monoisotopic (exact) mass is 105 g/mol. The van der Waals surface area contributed by atoms with E-state index in [1.54, 1.807) is 0 Å². The third-order valence-corrected chi connectivity index (χ3v) is 1.22. The van der Waals surface area contributed by atoms with Gasteiger partial charge < -0.3 is 10.4 Å². The largest absolute Gasteiger partial charge is 0.390 e. The van der Waals surface area contributed by atoms with Crippen LogP contribution in [0.2, 0.25) is 0 Å². The van der Waals surface area contributed by atoms with Gasteiger partial charge in [0.1, 0.15) is 6.67 Å². The van der Waals surface area contributed by atoms with Gasteiger partial charge in [0.05, 0.1) is 12.1 Å². The highest BCUT2D eigenvalue weighted by Gasteiger charge is 2.27. The van der Waals surface area contributed by atoms with Gasteiger partial charge in [0.15, 0.2) is 0 Å². The van der Waals surface area contributed by atoms with Gasteiger partial charge >= 0.3 is 0 Å². The molecule has 0 bridgehead atoms. The fraction of sp³-hybridized carbons (Fsp3) is 1.00. The lowest BCUT2D eigenvalue weighted by Gasteiger charge is -2.31. The number of rotatable bonds is 1. The summed E-state index contributed by atoms with van der Waals surface area (Å²) in [6, 6.07) is -0.278. The molecular formula is C4H8FNO. The number of hydrogen-bond donors (Lipinski definition) is 2. The predicted octanol–water partition coefficient (Wildman–Crippen LogP) is -0.711. The molecule has 1 saturated heterocycles. The fourth-order valence-corrected chi connectivity index (χ4v) is 0.547. The topological polar surface area (TPSA) is 32.3 Å². The van der Waals surface area contributed by atoms with Crippen LogP contribution in [0.15, 0.2) is 0 Å². The second-order valence-electron chi connectivity index (χ2n) is 1.74. The van der Waals surface area contributed by atoms with Crippen molar-refractivity contribution in [3.05, 3.63) is 0 Å². The lowest BCUT2D eigenvalue weighted by Crippen LogP contribution is -2.58. The predicted molar refractivity (Wildman–Crippen MR) is 23.8 cm³/mol. The number of aliphatic hydroxyl groups excluding tert-OH is 1. The Hall–Kier alpha value is -0.150. The van der Waals surface area contributed by atoms with Gasteiger partial charge in [-0.15, -0.1) is 0 Å². The van der Waals surface area contributed by atoms with Gasteiger partial charge in [-0.1, -0.05) is 0 Å². The van der Waals surface area contributed by atoms with E-state index in [1.165, 1.54) is 0 Å². The first kappa shape index (κ1) is 5.00. The Labute approximate surface area is 41.3 Å². The van der Waals surface area contributed by atoms with Gasteiger partial charge in [-0.05, 0) is 0 Å². The molecule has 42 valence electrons. The van der Waals surface area contributed by atoms with Crippen molar-refractivity contribution in [3.8, 4) is 0 Å². The van der Waals surface area contributed by atoms with Crippen LogP contribution in [0.4, 0.5) is 4.39 Å². The van der Waals surface area contributed by atoms with Crippen LogP contribution in [0.5, 0.6) is 0 Å². The lowest BCUT2D eigenvalue weighted by atomic mass is 10.1. The molecule has 0 spiro atoms. The molecule has 0 aliphatic carbocycles. The van der Waals surface area contributed by atoms with E-state index in [2.05, 4.69) is 5.32 Å². The summed E-state index contributed by atoms with van der Waals surface area (Å²) in [6.07, 6.45) is -0.440. The quantitative estimate of drug-likeness (QED) is 0.461. The molecule has 0 aromatic heterocycles. The van der Waals surface area contributed by atoms with E-state index in [1.807, 2.05) is 0 Å². The first-order chi connectivity index (χ1) is 3.34. The number of alkyl halides is 1. The van der Waals surface area contributed by atoms with Crippen molar-refractivity contribution in [2.24, 2.45) is 0 Å². The average molecular weight is 105 g/mol. The van der Waals surface area contributed by atoms with Crippen molar-refractivity contribution >= 4 is 0 Å². The summed E-state index contributed by atoms with van der Waals surface area (Å²) in [5.41, 5.74) is 0. The molecule has 2 N–H and O–H groups in total. The summed E-state index contributed by atoms with van der Waals surface area (Å²) in [5.74, 6) is 0. The first-order valence-electron chi connectivity index (χ1n) is 2.32. The van der Waals surface area contributed by atoms with E-state index < -0.39 is 12.8 Å². The van der Waals surface area contributed by atoms with Gasteiger partial charge in [-0.25, -0.2) is 4.39 Å². The highest BCUT2D eigenvalue weighted by Crippen LogP contribution is 2.02. The summed E-state index contributed by atoms with van der Waals surface area (Å²) in [5, 5.41) is 11.3. The summed E-state index contributed by atoms with van der Waals surface area (Å²) < 4.78 is 11.5. The van der Waals surface area contributed by atoms with Crippen molar-refractivity contribution in [3.63, 3.8) is 0 Å². The van der Waals surface area contributed by atoms with E-state index in [0.717, 1.165) is 0 Å². The molecular weight excluding hydrogens is 97.0 g/mol. The highest BCUT2D eigenvalue weighted by atomic mass is 19.1. The molecule has 0 radical (unpaired) electrons. The van der Waals surface area contributed by atoms with E-state index in [9.17, 15) is 4.39 Å². The standard InChI is InChI=1S/C4H8FNO/c5-1-3-4(7)2-6-3/h3-4,6-7H,1-2H2/t3-,4-/m1/s1. The minimum atomic E-state index is -0.457. The minimum absolute atomic E-state index is 0.278. The molecule has 2 atom stereocenters. The molecule has 0 saturated carbocycles. The van der Waals surface area contributed by atoms with E-state index in [0.29, 0.717) is 6.54 Å². The van der Waals surface area contributed by atoms with Gasteiger partial charge in [-0.3, -0.25) is 0 Å². The second kappa shape index (κ2) is 1.76. The first-order valence-corrected chi connectivity index (χ1v) is 2.32. The highest BCUT2D eigenvalue weighted by molar-refractivity contribution is 4.86. The molecule has 0 amide bonds. The Morgan fingerprint density at radius 3 is 2.57 bits per heavy atom. The van der Waals surface area contributed by atoms with E-state index in [4.69, 9.17) is 5.11 Å². The second-order valence-corrected chi connectivity index (χ2v) is 1.74. The maximum Gasteiger partial charge on any atom is 0.107 e. The lowest BCUT2D eigenvalue weighted by molar-refractivity contribution is 0.0487. The van der Waals surface area contributed by atoms with Crippen LogP contribution < -0.4 is 5.32 Å². The third-order valence-electron chi connectivity index (χ3n) is 1.22. The van der Waals surface area contributed by atoms with Crippen LogP contribution >= 0.6 is 0 Å². The zero-order chi connectivity index (χ0) is 5.28. The van der Waals surface area contributed by atoms with Crippen LogP contribution in [-0.4, -0.2) is 30.5 Å². The zero-order valence-corrected chi connectivity index (χ0v) is 3.89. The smallest absolute Gasteiger partial charge is 0.107 e. The van der Waals surface area contributed by atoms with Crippen molar-refractivity contribution in [2.75, 3.05) is 13.2 Å². The Morgan fingerprint density at radius 2 is 2.57 bits per heavy atom. The molecule has 1 heterocycles. The molecule has 2 nitrogen and oxygen atoms in total. The molecule has 3 heteroatoms. The normalized spacial score (nSPS) is 40.3. The van der Waals surface area contributed by atoms with Gasteiger partial charge in [0.2, 0.25) is 0 Å². The number of β-amino-alcohol motifs (C(OH)–C–C–N with tert-alkyl or cyclic N) is 1. The van der Waals surface area contributed by atoms with Crippen molar-refractivity contribution in [1.82, 2.24) is 5.32 Å². The maximum atomic E-state index is 11.5. The molecule has 0 aromatic rings. The van der Waals surface area contributed by atoms with Crippen LogP contribution in [0, 0.1) is 0 Å². The van der Waals surface area contributed by atoms with Crippen LogP contribution in [0.1, 0.15) is 0 Å². The van der Waals surface area contributed by atoms with Crippen molar-refractivity contribution in [1.29, 1.82) is 0 Å². The number of halogens is 1. The summed E-state index contributed by atoms with van der Waals surface area (Å²) in [4.78, 5) is 0. The van der Waals surface area contributed by atoms with Gasteiger partial charge in [-0.2, -0.15) is 0 Å². The SMILES string of the molecule is O[C@@H]1CN[C@@H]1CF. The molecule has 0 aromatic carbocycles. The van der Waals surface area contributed by atoms with Crippen molar-refractivity contribution in [2.45, 2.75) is 12.1 Å². The Bertz CT molecular complexity index is 66.7. The molecule has 1 aliphatic heterocycles. The molecule has 1 rings (SSSR count). The zero-order valence-electron chi connectivity index (χ0n) is 3.89. The minimum Gasteiger partial charge on any atom is -0.390 e. The number of nitrogens with one attached hydrogen (secondary N) is 1. The molecule has 1 aliphatic rings. The average Bonchev–Trinajstić information content (AvgIpc) is 1.65. The molecule has 0 unspecified atom stereocenters. The Kier molecular flexibility index (Phi) is 1.25. The van der Waals surface area contributed by atoms with Crippen LogP contribution in [-0.2, 0) is 0 Å². The summed E-state index contributed by atoms with van der Waals surface area (Å²) in [6.45, 7) is 0.0930. The third kappa shape index (κ3) is 0.737. The Balaban J connectivity index is 2.16. The Morgan fingerprint density at radius 1 is 1.86 bits per heavy atom.